The van der Waals surface area contributed by atoms with E-state index < -0.39 is 11.3 Å². The van der Waals surface area contributed by atoms with Crippen LogP contribution in [0.25, 0.3) is 0 Å². The van der Waals surface area contributed by atoms with Crippen LogP contribution in [0.2, 0.25) is 0 Å². The van der Waals surface area contributed by atoms with Gasteiger partial charge in [0, 0.05) is 0 Å². The normalized spacial score (nSPS) is 25.1. The lowest BCUT2D eigenvalue weighted by atomic mass is 10.4. The zero-order valence-corrected chi connectivity index (χ0v) is 6.57. The van der Waals surface area contributed by atoms with Gasteiger partial charge in [-0.05, 0) is 0 Å². The van der Waals surface area contributed by atoms with Gasteiger partial charge >= 0.3 is 11.9 Å². The number of esters is 1. The molecule has 0 aromatic carbocycles. The molecule has 0 spiro atoms. The van der Waals surface area contributed by atoms with Crippen molar-refractivity contribution in [3.05, 3.63) is 11.0 Å². The number of carbonyl (C=O) groups excluding carboxylic acids is 1. The molecule has 1 atom stereocenters. The van der Waals surface area contributed by atoms with Crippen molar-refractivity contribution in [2.75, 3.05) is 7.11 Å². The van der Waals surface area contributed by atoms with E-state index in [9.17, 15) is 4.79 Å². The highest BCUT2D eigenvalue weighted by Crippen LogP contribution is 2.28. The molecule has 1 unspecified atom stereocenters. The molecular weight excluding hydrogens is 179 g/mol. The third kappa shape index (κ3) is 1.07. The lowest BCUT2D eigenvalue weighted by molar-refractivity contribution is -0.140. The predicted molar refractivity (Wildman–Crippen MR) is 35.6 cm³/mol. The van der Waals surface area contributed by atoms with Crippen molar-refractivity contribution in [1.82, 2.24) is 0 Å². The standard InChI is InChI=1S/C5H4Cl2O3/c1-9-5-3(7)2(6)4(8)10-5/h2H,1H3. The molecule has 0 aromatic rings. The summed E-state index contributed by atoms with van der Waals surface area (Å²) in [6.45, 7) is 0. The average molecular weight is 183 g/mol. The topological polar surface area (TPSA) is 35.5 Å². The fourth-order valence-corrected chi connectivity index (χ4v) is 0.876. The molecule has 0 amide bonds. The van der Waals surface area contributed by atoms with E-state index >= 15 is 0 Å². The van der Waals surface area contributed by atoms with Gasteiger partial charge in [-0.25, -0.2) is 4.79 Å². The zero-order valence-electron chi connectivity index (χ0n) is 5.06. The van der Waals surface area contributed by atoms with Gasteiger partial charge in [-0.3, -0.25) is 0 Å². The summed E-state index contributed by atoms with van der Waals surface area (Å²) < 4.78 is 9.07. The first kappa shape index (κ1) is 7.69. The van der Waals surface area contributed by atoms with Crippen LogP contribution < -0.4 is 0 Å². The Bertz CT molecular complexity index is 199. The fraction of sp³-hybridized carbons (Fsp3) is 0.400. The molecule has 0 aromatic heterocycles. The van der Waals surface area contributed by atoms with Crippen molar-refractivity contribution >= 4 is 29.2 Å². The van der Waals surface area contributed by atoms with Crippen LogP contribution in [0.5, 0.6) is 0 Å². The fourth-order valence-electron chi connectivity index (χ4n) is 0.538. The predicted octanol–water partition coefficient (Wildman–Crippen LogP) is 1.20. The molecule has 0 radical (unpaired) electrons. The Labute approximate surface area is 67.5 Å². The van der Waals surface area contributed by atoms with Crippen molar-refractivity contribution in [1.29, 1.82) is 0 Å². The molecule has 3 nitrogen and oxygen atoms in total. The van der Waals surface area contributed by atoms with Crippen LogP contribution in [-0.4, -0.2) is 18.5 Å². The van der Waals surface area contributed by atoms with Crippen molar-refractivity contribution in [3.8, 4) is 0 Å². The summed E-state index contributed by atoms with van der Waals surface area (Å²) >= 11 is 10.9. The first-order valence-corrected chi connectivity index (χ1v) is 3.27. The molecule has 0 saturated carbocycles. The minimum Gasteiger partial charge on any atom is -0.468 e. The minimum atomic E-state index is -0.906. The SMILES string of the molecule is COC1=C(Cl)C(Cl)C(=O)O1. The van der Waals surface area contributed by atoms with Crippen molar-refractivity contribution in [3.63, 3.8) is 0 Å². The molecule has 1 heterocycles. The summed E-state index contributed by atoms with van der Waals surface area (Å²) in [5.74, 6) is -0.602. The highest BCUT2D eigenvalue weighted by molar-refractivity contribution is 6.44. The molecule has 0 N–H and O–H groups in total. The van der Waals surface area contributed by atoms with E-state index in [2.05, 4.69) is 9.47 Å². The Morgan fingerprint density at radius 3 is 2.50 bits per heavy atom. The number of methoxy groups -OCH3 is 1. The molecule has 10 heavy (non-hydrogen) atoms. The van der Waals surface area contributed by atoms with E-state index in [0.717, 1.165) is 0 Å². The number of hydrogen-bond acceptors (Lipinski definition) is 3. The minimum absolute atomic E-state index is 0.00772. The van der Waals surface area contributed by atoms with Gasteiger partial charge in [0.2, 0.25) is 0 Å². The van der Waals surface area contributed by atoms with Gasteiger partial charge in [0.15, 0.2) is 5.38 Å². The number of ether oxygens (including phenoxy) is 2. The second kappa shape index (κ2) is 2.68. The maximum absolute atomic E-state index is 10.6. The molecule has 1 rings (SSSR count). The van der Waals surface area contributed by atoms with E-state index in [-0.39, 0.29) is 11.0 Å². The van der Waals surface area contributed by atoms with Crippen molar-refractivity contribution < 1.29 is 14.3 Å². The van der Waals surface area contributed by atoms with Gasteiger partial charge in [-0.1, -0.05) is 11.6 Å². The summed E-state index contributed by atoms with van der Waals surface area (Å²) in [4.78, 5) is 10.6. The Hall–Kier alpha value is -0.410. The Morgan fingerprint density at radius 1 is 1.70 bits per heavy atom. The van der Waals surface area contributed by atoms with Gasteiger partial charge < -0.3 is 9.47 Å². The van der Waals surface area contributed by atoms with Crippen LogP contribution in [0.3, 0.4) is 0 Å². The molecule has 5 heteroatoms. The molecular formula is C5H4Cl2O3. The number of cyclic esters (lactones) is 1. The van der Waals surface area contributed by atoms with E-state index in [1.165, 1.54) is 7.11 Å². The molecule has 0 saturated heterocycles. The lowest BCUT2D eigenvalue weighted by Gasteiger charge is -1.96. The van der Waals surface area contributed by atoms with Gasteiger partial charge in [0.05, 0.1) is 7.11 Å². The highest BCUT2D eigenvalue weighted by atomic mass is 35.5. The van der Waals surface area contributed by atoms with E-state index in [1.54, 1.807) is 0 Å². The quantitative estimate of drug-likeness (QED) is 0.452. The summed E-state index contributed by atoms with van der Waals surface area (Å²) in [7, 11) is 1.35. The maximum atomic E-state index is 10.6. The molecule has 0 bridgehead atoms. The molecule has 1 aliphatic heterocycles. The smallest absolute Gasteiger partial charge is 0.337 e. The van der Waals surface area contributed by atoms with E-state index in [0.29, 0.717) is 0 Å². The summed E-state index contributed by atoms with van der Waals surface area (Å²) in [5, 5.41) is -0.800. The van der Waals surface area contributed by atoms with Crippen LogP contribution in [0.1, 0.15) is 0 Å². The number of alkyl halides is 1. The molecule has 0 aliphatic carbocycles. The van der Waals surface area contributed by atoms with Crippen LogP contribution in [-0.2, 0) is 14.3 Å². The molecule has 56 valence electrons. The number of rotatable bonds is 1. The number of halogens is 2. The first-order chi connectivity index (χ1) is 4.66. The van der Waals surface area contributed by atoms with Crippen LogP contribution in [0.4, 0.5) is 0 Å². The van der Waals surface area contributed by atoms with Crippen LogP contribution in [0, 0.1) is 0 Å². The first-order valence-electron chi connectivity index (χ1n) is 2.46. The maximum Gasteiger partial charge on any atom is 0.337 e. The lowest BCUT2D eigenvalue weighted by Crippen LogP contribution is -2.08. The molecule has 0 fully saturated rings. The van der Waals surface area contributed by atoms with Gasteiger partial charge in [0.1, 0.15) is 5.03 Å². The summed E-state index contributed by atoms with van der Waals surface area (Å²) in [6, 6.07) is 0. The van der Waals surface area contributed by atoms with Crippen molar-refractivity contribution in [2.24, 2.45) is 0 Å². The number of hydrogen-bond donors (Lipinski definition) is 0. The Kier molecular flexibility index (Phi) is 2.06. The van der Waals surface area contributed by atoms with Gasteiger partial charge in [-0.2, -0.15) is 0 Å². The second-order valence-corrected chi connectivity index (χ2v) is 2.47. The summed E-state index contributed by atoms with van der Waals surface area (Å²) in [6.07, 6.45) is 0. The number of carbonyl (C=O) groups is 1. The van der Waals surface area contributed by atoms with Crippen LogP contribution >= 0.6 is 23.2 Å². The largest absolute Gasteiger partial charge is 0.468 e. The van der Waals surface area contributed by atoms with E-state index in [4.69, 9.17) is 23.2 Å². The van der Waals surface area contributed by atoms with Gasteiger partial charge in [0.25, 0.3) is 0 Å². The van der Waals surface area contributed by atoms with Gasteiger partial charge in [-0.15, -0.1) is 11.6 Å². The zero-order chi connectivity index (χ0) is 7.72. The Morgan fingerprint density at radius 2 is 2.30 bits per heavy atom. The monoisotopic (exact) mass is 182 g/mol. The Balaban J connectivity index is 2.83. The average Bonchev–Trinajstić information content (AvgIpc) is 2.17. The van der Waals surface area contributed by atoms with Crippen LogP contribution in [0.15, 0.2) is 11.0 Å². The summed E-state index contributed by atoms with van der Waals surface area (Å²) in [5.41, 5.74) is 0. The third-order valence-electron chi connectivity index (χ3n) is 1.00. The third-order valence-corrected chi connectivity index (χ3v) is 1.88. The highest BCUT2D eigenvalue weighted by Gasteiger charge is 2.34. The molecule has 1 aliphatic rings. The van der Waals surface area contributed by atoms with Crippen molar-refractivity contribution in [2.45, 2.75) is 5.38 Å². The second-order valence-electron chi connectivity index (χ2n) is 1.62. The van der Waals surface area contributed by atoms with E-state index in [1.807, 2.05) is 0 Å².